The first-order valence-corrected chi connectivity index (χ1v) is 10.5. The largest absolute Gasteiger partial charge is 0.377 e. The molecule has 0 aliphatic rings. The van der Waals surface area contributed by atoms with Crippen molar-refractivity contribution in [1.29, 1.82) is 0 Å². The molecule has 1 N–H and O–H groups in total. The fraction of sp³-hybridized carbons (Fsp3) is 0.211. The van der Waals surface area contributed by atoms with E-state index in [-0.39, 0.29) is 10.5 Å². The Morgan fingerprint density at radius 3 is 2.61 bits per heavy atom. The lowest BCUT2D eigenvalue weighted by Crippen LogP contribution is -2.20. The molecule has 0 spiro atoms. The van der Waals surface area contributed by atoms with Crippen molar-refractivity contribution >= 4 is 32.2 Å². The standard InChI is InChI=1S/C19H19N5O3S/c1-12-8-9-13(28(3,26)27)10-15(12)20-11-17-21-22-19-23(2)18(25)14-6-4-5-7-16(14)24(17)19/h4-10,20H,11H2,1-3H3. The van der Waals surface area contributed by atoms with Gasteiger partial charge >= 0.3 is 0 Å². The molecular formula is C19H19N5O3S. The van der Waals surface area contributed by atoms with Crippen LogP contribution in [0.3, 0.4) is 0 Å². The van der Waals surface area contributed by atoms with Crippen LogP contribution >= 0.6 is 0 Å². The minimum Gasteiger partial charge on any atom is -0.377 e. The first kappa shape index (κ1) is 18.2. The van der Waals surface area contributed by atoms with Gasteiger partial charge in [-0.25, -0.2) is 8.42 Å². The van der Waals surface area contributed by atoms with E-state index in [1.54, 1.807) is 31.3 Å². The normalized spacial score (nSPS) is 12.0. The summed E-state index contributed by atoms with van der Waals surface area (Å²) in [6, 6.07) is 12.3. The SMILES string of the molecule is Cc1ccc(S(C)(=O)=O)cc1NCc1nnc2n(C)c(=O)c3ccccc3n12. The number of anilines is 1. The minimum absolute atomic E-state index is 0.133. The van der Waals surface area contributed by atoms with E-state index in [4.69, 9.17) is 0 Å². The number of rotatable bonds is 4. The zero-order chi connectivity index (χ0) is 20.1. The highest BCUT2D eigenvalue weighted by Gasteiger charge is 2.15. The number of nitrogens with one attached hydrogen (secondary N) is 1. The molecule has 4 aromatic rings. The average Bonchev–Trinajstić information content (AvgIpc) is 3.09. The summed E-state index contributed by atoms with van der Waals surface area (Å²) < 4.78 is 27.0. The molecule has 9 heteroatoms. The zero-order valence-corrected chi connectivity index (χ0v) is 16.5. The Labute approximate surface area is 161 Å². The Bertz CT molecular complexity index is 1390. The van der Waals surface area contributed by atoms with Crippen LogP contribution in [0.15, 0.2) is 52.2 Å². The monoisotopic (exact) mass is 397 g/mol. The van der Waals surface area contributed by atoms with E-state index >= 15 is 0 Å². The van der Waals surface area contributed by atoms with E-state index in [9.17, 15) is 13.2 Å². The van der Waals surface area contributed by atoms with E-state index in [1.807, 2.05) is 29.5 Å². The molecule has 0 aliphatic heterocycles. The van der Waals surface area contributed by atoms with Crippen LogP contribution in [0.4, 0.5) is 5.69 Å². The van der Waals surface area contributed by atoms with Gasteiger partial charge in [0, 0.05) is 19.0 Å². The second-order valence-electron chi connectivity index (χ2n) is 6.74. The summed E-state index contributed by atoms with van der Waals surface area (Å²) in [5.74, 6) is 1.06. The lowest BCUT2D eigenvalue weighted by molar-refractivity contribution is 0.602. The number of fused-ring (bicyclic) bond motifs is 3. The molecule has 0 fully saturated rings. The van der Waals surface area contributed by atoms with Crippen LogP contribution in [0.25, 0.3) is 16.7 Å². The van der Waals surface area contributed by atoms with E-state index in [0.717, 1.165) is 11.1 Å². The number of sulfone groups is 1. The number of aryl methyl sites for hydroxylation is 2. The molecule has 144 valence electrons. The first-order valence-electron chi connectivity index (χ1n) is 8.63. The molecule has 0 aliphatic carbocycles. The summed E-state index contributed by atoms with van der Waals surface area (Å²) in [4.78, 5) is 12.8. The topological polar surface area (TPSA) is 98.4 Å². The van der Waals surface area contributed by atoms with E-state index in [2.05, 4.69) is 15.5 Å². The van der Waals surface area contributed by atoms with Crippen LogP contribution in [0.1, 0.15) is 11.4 Å². The maximum atomic E-state index is 12.5. The number of hydrogen-bond acceptors (Lipinski definition) is 6. The number of nitrogens with zero attached hydrogens (tertiary/aromatic N) is 4. The third kappa shape index (κ3) is 2.93. The maximum Gasteiger partial charge on any atom is 0.262 e. The summed E-state index contributed by atoms with van der Waals surface area (Å²) in [6.45, 7) is 2.22. The second kappa shape index (κ2) is 6.45. The van der Waals surface area contributed by atoms with Crippen molar-refractivity contribution in [2.45, 2.75) is 18.4 Å². The molecule has 0 unspecified atom stereocenters. The van der Waals surface area contributed by atoms with Gasteiger partial charge in [-0.2, -0.15) is 0 Å². The Morgan fingerprint density at radius 1 is 1.11 bits per heavy atom. The van der Waals surface area contributed by atoms with Crippen LogP contribution in [-0.2, 0) is 23.4 Å². The van der Waals surface area contributed by atoms with Crippen molar-refractivity contribution in [3.8, 4) is 0 Å². The Balaban J connectivity index is 1.79. The predicted octanol–water partition coefficient (Wildman–Crippen LogP) is 1.91. The minimum atomic E-state index is -3.30. The number of para-hydroxylation sites is 1. The van der Waals surface area contributed by atoms with Gasteiger partial charge in [0.15, 0.2) is 15.7 Å². The molecule has 4 rings (SSSR count). The van der Waals surface area contributed by atoms with Gasteiger partial charge in [0.2, 0.25) is 5.78 Å². The third-order valence-corrected chi connectivity index (χ3v) is 5.88. The average molecular weight is 397 g/mol. The first-order chi connectivity index (χ1) is 13.3. The highest BCUT2D eigenvalue weighted by Crippen LogP contribution is 2.21. The van der Waals surface area contributed by atoms with Crippen molar-refractivity contribution in [3.05, 3.63) is 64.2 Å². The summed E-state index contributed by atoms with van der Waals surface area (Å²) >= 11 is 0. The van der Waals surface area contributed by atoms with E-state index < -0.39 is 9.84 Å². The van der Waals surface area contributed by atoms with Crippen molar-refractivity contribution < 1.29 is 8.42 Å². The van der Waals surface area contributed by atoms with Crippen LogP contribution in [0, 0.1) is 6.92 Å². The molecule has 28 heavy (non-hydrogen) atoms. The smallest absolute Gasteiger partial charge is 0.262 e. The van der Waals surface area contributed by atoms with Gasteiger partial charge in [0.25, 0.3) is 5.56 Å². The molecule has 0 atom stereocenters. The molecule has 0 radical (unpaired) electrons. The second-order valence-corrected chi connectivity index (χ2v) is 8.75. The molecule has 0 saturated heterocycles. The number of aromatic nitrogens is 4. The lowest BCUT2D eigenvalue weighted by Gasteiger charge is -2.11. The summed E-state index contributed by atoms with van der Waals surface area (Å²) in [7, 11) is -1.64. The number of hydrogen-bond donors (Lipinski definition) is 1. The van der Waals surface area contributed by atoms with Crippen LogP contribution in [0.2, 0.25) is 0 Å². The molecule has 2 aromatic heterocycles. The van der Waals surface area contributed by atoms with Crippen molar-refractivity contribution in [1.82, 2.24) is 19.2 Å². The fourth-order valence-corrected chi connectivity index (χ4v) is 3.85. The zero-order valence-electron chi connectivity index (χ0n) is 15.7. The van der Waals surface area contributed by atoms with Crippen LogP contribution in [0.5, 0.6) is 0 Å². The molecule has 0 amide bonds. The Morgan fingerprint density at radius 2 is 1.86 bits per heavy atom. The van der Waals surface area contributed by atoms with Crippen LogP contribution in [-0.4, -0.2) is 33.8 Å². The summed E-state index contributed by atoms with van der Waals surface area (Å²) in [6.07, 6.45) is 1.18. The van der Waals surface area contributed by atoms with Crippen LogP contribution < -0.4 is 10.9 Å². The molecule has 8 nitrogen and oxygen atoms in total. The molecule has 0 bridgehead atoms. The van der Waals surface area contributed by atoms with Gasteiger partial charge in [-0.05, 0) is 36.8 Å². The van der Waals surface area contributed by atoms with Gasteiger partial charge in [0.1, 0.15) is 0 Å². The summed E-state index contributed by atoms with van der Waals surface area (Å²) in [5.41, 5.74) is 2.21. The Hall–Kier alpha value is -3.20. The van der Waals surface area contributed by atoms with Gasteiger partial charge in [0.05, 0.1) is 22.3 Å². The lowest BCUT2D eigenvalue weighted by atomic mass is 10.2. The number of benzene rings is 2. The molecular weight excluding hydrogens is 378 g/mol. The maximum absolute atomic E-state index is 12.5. The summed E-state index contributed by atoms with van der Waals surface area (Å²) in [5, 5.41) is 12.2. The highest BCUT2D eigenvalue weighted by molar-refractivity contribution is 7.90. The third-order valence-electron chi connectivity index (χ3n) is 4.77. The van der Waals surface area contributed by atoms with Crippen molar-refractivity contribution in [3.63, 3.8) is 0 Å². The molecule has 2 heterocycles. The quantitative estimate of drug-likeness (QED) is 0.565. The van der Waals surface area contributed by atoms with Crippen molar-refractivity contribution in [2.24, 2.45) is 7.05 Å². The van der Waals surface area contributed by atoms with E-state index in [0.29, 0.717) is 29.2 Å². The van der Waals surface area contributed by atoms with Gasteiger partial charge < -0.3 is 5.32 Å². The van der Waals surface area contributed by atoms with Gasteiger partial charge in [-0.15, -0.1) is 10.2 Å². The van der Waals surface area contributed by atoms with Gasteiger partial charge in [-0.1, -0.05) is 18.2 Å². The highest BCUT2D eigenvalue weighted by atomic mass is 32.2. The van der Waals surface area contributed by atoms with E-state index in [1.165, 1.54) is 10.8 Å². The predicted molar refractivity (Wildman–Crippen MR) is 107 cm³/mol. The fourth-order valence-electron chi connectivity index (χ4n) is 3.20. The van der Waals surface area contributed by atoms with Gasteiger partial charge in [-0.3, -0.25) is 13.8 Å². The van der Waals surface area contributed by atoms with Crippen molar-refractivity contribution in [2.75, 3.05) is 11.6 Å². The molecule has 0 saturated carbocycles. The Kier molecular flexibility index (Phi) is 4.19. The molecule has 2 aromatic carbocycles.